The molecule has 0 bridgehead atoms. The standard InChI is InChI=1S/C18H25N5O3/c19-16(20)11-3-1-5-13(7-11)26-14-8-15(22-9-14)18(25)23-6-2-4-12(10-23)17(21)24/h1,3,5,7,12,14-15,22H,2,4,6,8-10H2,(H3,19,20)(H2,21,24). The first kappa shape index (κ1) is 18.2. The van der Waals surface area contributed by atoms with Crippen LogP contribution in [0, 0.1) is 11.3 Å². The molecule has 6 N–H and O–H groups in total. The highest BCUT2D eigenvalue weighted by atomic mass is 16.5. The molecule has 2 heterocycles. The van der Waals surface area contributed by atoms with Crippen LogP contribution < -0.4 is 21.5 Å². The third-order valence-corrected chi connectivity index (χ3v) is 4.97. The molecule has 1 aromatic carbocycles. The van der Waals surface area contributed by atoms with E-state index in [0.717, 1.165) is 12.8 Å². The van der Waals surface area contributed by atoms with Crippen LogP contribution in [0.1, 0.15) is 24.8 Å². The quantitative estimate of drug-likeness (QED) is 0.427. The molecule has 26 heavy (non-hydrogen) atoms. The lowest BCUT2D eigenvalue weighted by atomic mass is 9.97. The first-order valence-electron chi connectivity index (χ1n) is 8.86. The number of nitrogens with zero attached hydrogens (tertiary/aromatic N) is 1. The van der Waals surface area contributed by atoms with Crippen LogP contribution >= 0.6 is 0 Å². The predicted octanol–water partition coefficient (Wildman–Crippen LogP) is -0.196. The summed E-state index contributed by atoms with van der Waals surface area (Å²) in [5.41, 5.74) is 11.5. The van der Waals surface area contributed by atoms with Crippen molar-refractivity contribution in [1.82, 2.24) is 10.2 Å². The van der Waals surface area contributed by atoms with Gasteiger partial charge >= 0.3 is 0 Å². The number of likely N-dealkylation sites (tertiary alicyclic amines) is 1. The van der Waals surface area contributed by atoms with Crippen molar-refractivity contribution in [3.63, 3.8) is 0 Å². The molecule has 140 valence electrons. The number of nitrogen functional groups attached to an aromatic ring is 1. The number of rotatable bonds is 5. The van der Waals surface area contributed by atoms with Gasteiger partial charge in [0.1, 0.15) is 17.7 Å². The van der Waals surface area contributed by atoms with Crippen LogP contribution in [0.15, 0.2) is 24.3 Å². The molecule has 0 saturated carbocycles. The summed E-state index contributed by atoms with van der Waals surface area (Å²) in [6.45, 7) is 1.62. The van der Waals surface area contributed by atoms with Crippen molar-refractivity contribution in [2.45, 2.75) is 31.4 Å². The van der Waals surface area contributed by atoms with Crippen LogP contribution in [0.4, 0.5) is 0 Å². The second-order valence-corrected chi connectivity index (χ2v) is 6.90. The third-order valence-electron chi connectivity index (χ3n) is 4.97. The van der Waals surface area contributed by atoms with Gasteiger partial charge in [0.05, 0.1) is 12.0 Å². The van der Waals surface area contributed by atoms with Gasteiger partial charge in [-0.1, -0.05) is 12.1 Å². The molecule has 0 radical (unpaired) electrons. The number of ether oxygens (including phenoxy) is 1. The van der Waals surface area contributed by atoms with Crippen LogP contribution in [-0.2, 0) is 9.59 Å². The summed E-state index contributed by atoms with van der Waals surface area (Å²) in [5.74, 6) is 0.0231. The molecule has 2 amide bonds. The normalized spacial score (nSPS) is 25.7. The lowest BCUT2D eigenvalue weighted by Crippen LogP contribution is -2.49. The molecule has 0 aliphatic carbocycles. The zero-order chi connectivity index (χ0) is 18.7. The number of hydrogen-bond acceptors (Lipinski definition) is 5. The fourth-order valence-corrected chi connectivity index (χ4v) is 3.54. The van der Waals surface area contributed by atoms with Crippen molar-refractivity contribution >= 4 is 17.6 Å². The molecule has 0 aromatic heterocycles. The number of carbonyl (C=O) groups is 2. The van der Waals surface area contributed by atoms with Gasteiger partial charge in [-0.05, 0) is 25.0 Å². The summed E-state index contributed by atoms with van der Waals surface area (Å²) >= 11 is 0. The second-order valence-electron chi connectivity index (χ2n) is 6.90. The van der Waals surface area contributed by atoms with E-state index in [1.165, 1.54) is 0 Å². The lowest BCUT2D eigenvalue weighted by molar-refractivity contribution is -0.136. The van der Waals surface area contributed by atoms with Crippen LogP contribution in [0.2, 0.25) is 0 Å². The van der Waals surface area contributed by atoms with Gasteiger partial charge in [0.15, 0.2) is 0 Å². The van der Waals surface area contributed by atoms with E-state index >= 15 is 0 Å². The lowest BCUT2D eigenvalue weighted by Gasteiger charge is -2.33. The SMILES string of the molecule is N=C(N)c1cccc(OC2CNC(C(=O)N3CCCC(C(N)=O)C3)C2)c1. The molecule has 2 fully saturated rings. The van der Waals surface area contributed by atoms with Gasteiger partial charge in [-0.2, -0.15) is 0 Å². The summed E-state index contributed by atoms with van der Waals surface area (Å²) in [4.78, 5) is 25.9. The topological polar surface area (TPSA) is 135 Å². The number of nitrogens with one attached hydrogen (secondary N) is 2. The average molecular weight is 359 g/mol. The van der Waals surface area contributed by atoms with Crippen molar-refractivity contribution in [2.24, 2.45) is 17.4 Å². The number of nitrogens with two attached hydrogens (primary N) is 2. The fourth-order valence-electron chi connectivity index (χ4n) is 3.54. The monoisotopic (exact) mass is 359 g/mol. The molecule has 2 aliphatic heterocycles. The molecule has 8 nitrogen and oxygen atoms in total. The second kappa shape index (κ2) is 7.74. The van der Waals surface area contributed by atoms with Crippen molar-refractivity contribution in [3.8, 4) is 5.75 Å². The number of hydrogen-bond donors (Lipinski definition) is 4. The van der Waals surface area contributed by atoms with Crippen LogP contribution in [0.25, 0.3) is 0 Å². The Morgan fingerprint density at radius 1 is 1.31 bits per heavy atom. The van der Waals surface area contributed by atoms with Gasteiger partial charge in [0.2, 0.25) is 11.8 Å². The predicted molar refractivity (Wildman–Crippen MR) is 96.8 cm³/mol. The number of carbonyl (C=O) groups excluding carboxylic acids is 2. The largest absolute Gasteiger partial charge is 0.489 e. The van der Waals surface area contributed by atoms with Crippen molar-refractivity contribution in [1.29, 1.82) is 5.41 Å². The fraction of sp³-hybridized carbons (Fsp3) is 0.500. The minimum absolute atomic E-state index is 0.000429. The van der Waals surface area contributed by atoms with Crippen LogP contribution in [0.3, 0.4) is 0 Å². The van der Waals surface area contributed by atoms with E-state index < -0.39 is 0 Å². The summed E-state index contributed by atoms with van der Waals surface area (Å²) in [6, 6.07) is 6.75. The van der Waals surface area contributed by atoms with Gasteiger partial charge in [-0.3, -0.25) is 15.0 Å². The van der Waals surface area contributed by atoms with Gasteiger partial charge in [0, 0.05) is 31.6 Å². The van der Waals surface area contributed by atoms with Crippen molar-refractivity contribution < 1.29 is 14.3 Å². The minimum atomic E-state index is -0.339. The minimum Gasteiger partial charge on any atom is -0.489 e. The third kappa shape index (κ3) is 4.13. The highest BCUT2D eigenvalue weighted by Gasteiger charge is 2.36. The van der Waals surface area contributed by atoms with Gasteiger partial charge in [0.25, 0.3) is 0 Å². The van der Waals surface area contributed by atoms with Crippen LogP contribution in [-0.4, -0.2) is 54.3 Å². The molecule has 3 rings (SSSR count). The Hall–Kier alpha value is -2.61. The first-order valence-corrected chi connectivity index (χ1v) is 8.86. The molecular formula is C18H25N5O3. The highest BCUT2D eigenvalue weighted by Crippen LogP contribution is 2.22. The summed E-state index contributed by atoms with van der Waals surface area (Å²) < 4.78 is 5.93. The van der Waals surface area contributed by atoms with Crippen LogP contribution in [0.5, 0.6) is 5.75 Å². The Morgan fingerprint density at radius 2 is 2.12 bits per heavy atom. The van der Waals surface area contributed by atoms with E-state index in [2.05, 4.69) is 5.32 Å². The molecule has 3 atom stereocenters. The maximum absolute atomic E-state index is 12.7. The number of primary amides is 1. The van der Waals surface area contributed by atoms with Gasteiger partial charge < -0.3 is 26.4 Å². The van der Waals surface area contributed by atoms with E-state index in [1.54, 1.807) is 23.1 Å². The van der Waals surface area contributed by atoms with Crippen molar-refractivity contribution in [3.05, 3.63) is 29.8 Å². The average Bonchev–Trinajstić information content (AvgIpc) is 3.09. The Morgan fingerprint density at radius 3 is 2.85 bits per heavy atom. The Balaban J connectivity index is 1.56. The summed E-state index contributed by atoms with van der Waals surface area (Å²) in [6.07, 6.45) is 1.96. The number of amides is 2. The smallest absolute Gasteiger partial charge is 0.239 e. The van der Waals surface area contributed by atoms with E-state index in [-0.39, 0.29) is 35.7 Å². The van der Waals surface area contributed by atoms with E-state index in [4.69, 9.17) is 21.6 Å². The molecule has 0 spiro atoms. The van der Waals surface area contributed by atoms with Gasteiger partial charge in [-0.25, -0.2) is 0 Å². The highest BCUT2D eigenvalue weighted by molar-refractivity contribution is 5.95. The maximum atomic E-state index is 12.7. The molecule has 2 saturated heterocycles. The van der Waals surface area contributed by atoms with Gasteiger partial charge in [-0.15, -0.1) is 0 Å². The van der Waals surface area contributed by atoms with E-state index in [0.29, 0.717) is 37.4 Å². The van der Waals surface area contributed by atoms with Crippen molar-refractivity contribution in [2.75, 3.05) is 19.6 Å². The van der Waals surface area contributed by atoms with E-state index in [1.807, 2.05) is 6.07 Å². The maximum Gasteiger partial charge on any atom is 0.239 e. The summed E-state index contributed by atoms with van der Waals surface area (Å²) in [5, 5.41) is 10.7. The molecule has 8 heteroatoms. The molecule has 2 aliphatic rings. The number of piperidine rings is 1. The summed E-state index contributed by atoms with van der Waals surface area (Å²) in [7, 11) is 0. The Labute approximate surface area is 152 Å². The first-order chi connectivity index (χ1) is 12.4. The zero-order valence-corrected chi connectivity index (χ0v) is 14.6. The Kier molecular flexibility index (Phi) is 5.41. The number of amidine groups is 1. The number of benzene rings is 1. The molecule has 3 unspecified atom stereocenters. The Bertz CT molecular complexity index is 708. The van der Waals surface area contributed by atoms with E-state index in [9.17, 15) is 9.59 Å². The molecular weight excluding hydrogens is 334 g/mol. The molecule has 1 aromatic rings. The zero-order valence-electron chi connectivity index (χ0n) is 14.6.